The van der Waals surface area contributed by atoms with Crippen LogP contribution in [0.4, 0.5) is 0 Å². The molecule has 0 aliphatic carbocycles. The molecule has 0 saturated carbocycles. The van der Waals surface area contributed by atoms with Crippen molar-refractivity contribution in [3.05, 3.63) is 71.0 Å². The van der Waals surface area contributed by atoms with E-state index in [1.807, 2.05) is 6.07 Å². The number of aromatic nitrogens is 1. The lowest BCUT2D eigenvalue weighted by Crippen LogP contribution is -2.40. The van der Waals surface area contributed by atoms with Crippen LogP contribution >= 0.6 is 11.6 Å². The molecule has 0 fully saturated rings. The fraction of sp³-hybridized carbons (Fsp3) is 0. The second-order valence-corrected chi connectivity index (χ2v) is 4.50. The third-order valence-electron chi connectivity index (χ3n) is 2.52. The highest BCUT2D eigenvalue weighted by Crippen LogP contribution is 2.11. The molecule has 2 N–H and O–H groups in total. The highest BCUT2D eigenvalue weighted by atomic mass is 35.5. The highest BCUT2D eigenvalue weighted by Gasteiger charge is 2.04. The lowest BCUT2D eigenvalue weighted by molar-refractivity contribution is -0.117. The Bertz CT molecular complexity index is 672. The van der Waals surface area contributed by atoms with Crippen LogP contribution in [0.2, 0.25) is 5.02 Å². The molecule has 2 aromatic rings. The molecule has 0 spiro atoms. The van der Waals surface area contributed by atoms with Crippen LogP contribution in [0.1, 0.15) is 15.9 Å². The maximum Gasteiger partial charge on any atom is 0.269 e. The van der Waals surface area contributed by atoms with Crippen LogP contribution in [-0.2, 0) is 4.79 Å². The fourth-order valence-corrected chi connectivity index (χ4v) is 1.72. The summed E-state index contributed by atoms with van der Waals surface area (Å²) in [4.78, 5) is 27.1. The van der Waals surface area contributed by atoms with Gasteiger partial charge < -0.3 is 0 Å². The monoisotopic (exact) mass is 301 g/mol. The summed E-state index contributed by atoms with van der Waals surface area (Å²) in [5.41, 5.74) is 5.79. The molecule has 0 unspecified atom stereocenters. The van der Waals surface area contributed by atoms with E-state index in [0.29, 0.717) is 10.6 Å². The molecule has 6 heteroatoms. The Morgan fingerprint density at radius 2 is 1.86 bits per heavy atom. The first-order chi connectivity index (χ1) is 10.1. The maximum absolute atomic E-state index is 11.7. The second kappa shape index (κ2) is 7.21. The smallest absolute Gasteiger partial charge is 0.268 e. The zero-order chi connectivity index (χ0) is 15.1. The van der Waals surface area contributed by atoms with E-state index in [0.717, 1.165) is 5.56 Å². The largest absolute Gasteiger partial charge is 0.269 e. The second-order valence-electron chi connectivity index (χ2n) is 4.07. The van der Waals surface area contributed by atoms with Gasteiger partial charge in [0.2, 0.25) is 0 Å². The number of benzene rings is 1. The van der Waals surface area contributed by atoms with E-state index in [-0.39, 0.29) is 0 Å². The van der Waals surface area contributed by atoms with Gasteiger partial charge in [-0.15, -0.1) is 0 Å². The van der Waals surface area contributed by atoms with Gasteiger partial charge in [0, 0.05) is 29.1 Å². The molecule has 0 radical (unpaired) electrons. The first-order valence-corrected chi connectivity index (χ1v) is 6.47. The molecule has 21 heavy (non-hydrogen) atoms. The Balaban J connectivity index is 1.86. The Morgan fingerprint density at radius 1 is 1.10 bits per heavy atom. The lowest BCUT2D eigenvalue weighted by atomic mass is 10.2. The first kappa shape index (κ1) is 14.7. The van der Waals surface area contributed by atoms with Crippen molar-refractivity contribution >= 4 is 29.5 Å². The average molecular weight is 302 g/mol. The number of nitrogens with one attached hydrogen (secondary N) is 2. The van der Waals surface area contributed by atoms with Gasteiger partial charge in [-0.2, -0.15) is 0 Å². The van der Waals surface area contributed by atoms with Crippen molar-refractivity contribution < 1.29 is 9.59 Å². The highest BCUT2D eigenvalue weighted by molar-refractivity contribution is 6.30. The van der Waals surface area contributed by atoms with Crippen LogP contribution in [0.5, 0.6) is 0 Å². The van der Waals surface area contributed by atoms with Crippen molar-refractivity contribution in [2.24, 2.45) is 0 Å². The van der Waals surface area contributed by atoms with Crippen molar-refractivity contribution in [1.82, 2.24) is 15.8 Å². The molecular formula is C15H12ClN3O2. The molecule has 106 valence electrons. The summed E-state index contributed by atoms with van der Waals surface area (Å²) >= 11 is 5.83. The molecule has 1 aromatic heterocycles. The van der Waals surface area contributed by atoms with E-state index in [2.05, 4.69) is 15.8 Å². The van der Waals surface area contributed by atoms with E-state index in [1.165, 1.54) is 18.5 Å². The molecule has 0 saturated heterocycles. The molecule has 5 nitrogen and oxygen atoms in total. The van der Waals surface area contributed by atoms with Crippen molar-refractivity contribution in [1.29, 1.82) is 0 Å². The SMILES string of the molecule is O=C(/C=C/c1cccc(Cl)c1)NNC(=O)c1ccncc1. The van der Waals surface area contributed by atoms with Crippen molar-refractivity contribution in [3.8, 4) is 0 Å². The summed E-state index contributed by atoms with van der Waals surface area (Å²) in [6.07, 6.45) is 5.89. The lowest BCUT2D eigenvalue weighted by Gasteiger charge is -2.04. The van der Waals surface area contributed by atoms with Gasteiger partial charge in [0.25, 0.3) is 11.8 Å². The van der Waals surface area contributed by atoms with E-state index < -0.39 is 11.8 Å². The van der Waals surface area contributed by atoms with Crippen LogP contribution in [0, 0.1) is 0 Å². The topological polar surface area (TPSA) is 71.1 Å². The molecule has 2 amide bonds. The van der Waals surface area contributed by atoms with Gasteiger partial charge in [0.15, 0.2) is 0 Å². The predicted octanol–water partition coefficient (Wildman–Crippen LogP) is 2.21. The number of amides is 2. The van der Waals surface area contributed by atoms with E-state index in [4.69, 9.17) is 11.6 Å². The Hall–Kier alpha value is -2.66. The van der Waals surface area contributed by atoms with Gasteiger partial charge in [-0.3, -0.25) is 25.4 Å². The maximum atomic E-state index is 11.7. The van der Waals surface area contributed by atoms with E-state index in [9.17, 15) is 9.59 Å². The number of carbonyl (C=O) groups excluding carboxylic acids is 2. The number of pyridine rings is 1. The fourth-order valence-electron chi connectivity index (χ4n) is 1.52. The van der Waals surface area contributed by atoms with E-state index in [1.54, 1.807) is 36.4 Å². The molecule has 0 aliphatic rings. The molecule has 0 atom stereocenters. The van der Waals surface area contributed by atoms with Crippen LogP contribution in [-0.4, -0.2) is 16.8 Å². The number of hydrazine groups is 1. The van der Waals surface area contributed by atoms with Crippen molar-refractivity contribution in [3.63, 3.8) is 0 Å². The zero-order valence-electron chi connectivity index (χ0n) is 10.9. The summed E-state index contributed by atoms with van der Waals surface area (Å²) in [6.45, 7) is 0. The summed E-state index contributed by atoms with van der Waals surface area (Å²) in [6, 6.07) is 10.2. The standard InChI is InChI=1S/C15H12ClN3O2/c16-13-3-1-2-11(10-13)4-5-14(20)18-19-15(21)12-6-8-17-9-7-12/h1-10H,(H,18,20)(H,19,21)/b5-4+. The number of rotatable bonds is 3. The van der Waals surface area contributed by atoms with Gasteiger partial charge in [-0.25, -0.2) is 0 Å². The quantitative estimate of drug-likeness (QED) is 0.674. The minimum Gasteiger partial charge on any atom is -0.268 e. The molecular weight excluding hydrogens is 290 g/mol. The molecule has 2 rings (SSSR count). The van der Waals surface area contributed by atoms with Gasteiger partial charge in [0.1, 0.15) is 0 Å². The van der Waals surface area contributed by atoms with Crippen molar-refractivity contribution in [2.75, 3.05) is 0 Å². The third kappa shape index (κ3) is 4.74. The number of nitrogens with zero attached hydrogens (tertiary/aromatic N) is 1. The first-order valence-electron chi connectivity index (χ1n) is 6.09. The van der Waals surface area contributed by atoms with Gasteiger partial charge >= 0.3 is 0 Å². The minimum absolute atomic E-state index is 0.407. The molecule has 1 aromatic carbocycles. The van der Waals surface area contributed by atoms with Crippen LogP contribution < -0.4 is 10.9 Å². The summed E-state index contributed by atoms with van der Waals surface area (Å²) in [5, 5.41) is 0.587. The predicted molar refractivity (Wildman–Crippen MR) is 80.3 cm³/mol. The molecule has 0 bridgehead atoms. The van der Waals surface area contributed by atoms with Crippen LogP contribution in [0.15, 0.2) is 54.9 Å². The normalized spacial score (nSPS) is 10.3. The summed E-state index contributed by atoms with van der Waals surface area (Å²) in [7, 11) is 0. The Morgan fingerprint density at radius 3 is 2.57 bits per heavy atom. The third-order valence-corrected chi connectivity index (χ3v) is 2.75. The molecule has 1 heterocycles. The van der Waals surface area contributed by atoms with Crippen LogP contribution in [0.25, 0.3) is 6.08 Å². The van der Waals surface area contributed by atoms with Gasteiger partial charge in [-0.05, 0) is 35.9 Å². The zero-order valence-corrected chi connectivity index (χ0v) is 11.7. The summed E-state index contributed by atoms with van der Waals surface area (Å²) in [5.74, 6) is -0.862. The van der Waals surface area contributed by atoms with E-state index >= 15 is 0 Å². The Labute approximate surface area is 126 Å². The van der Waals surface area contributed by atoms with Crippen LogP contribution in [0.3, 0.4) is 0 Å². The molecule has 0 aliphatic heterocycles. The van der Waals surface area contributed by atoms with Gasteiger partial charge in [-0.1, -0.05) is 23.7 Å². The van der Waals surface area contributed by atoms with Crippen molar-refractivity contribution in [2.45, 2.75) is 0 Å². The number of halogens is 1. The Kier molecular flexibility index (Phi) is 5.06. The van der Waals surface area contributed by atoms with Gasteiger partial charge in [0.05, 0.1) is 0 Å². The number of hydrogen-bond acceptors (Lipinski definition) is 3. The summed E-state index contributed by atoms with van der Waals surface area (Å²) < 4.78 is 0. The number of hydrogen-bond donors (Lipinski definition) is 2. The number of carbonyl (C=O) groups is 2. The minimum atomic E-state index is -0.447. The average Bonchev–Trinajstić information content (AvgIpc) is 2.51.